The summed E-state index contributed by atoms with van der Waals surface area (Å²) in [6, 6.07) is 9.08. The molecule has 2 aromatic rings. The molecule has 0 aliphatic rings. The average molecular weight is 377 g/mol. The number of rotatable bonds is 3. The molecule has 0 aromatic heterocycles. The van der Waals surface area contributed by atoms with Crippen LogP contribution in [0.5, 0.6) is 5.75 Å². The fourth-order valence-corrected chi connectivity index (χ4v) is 4.08. The van der Waals surface area contributed by atoms with E-state index in [1.54, 1.807) is 25.1 Å². The lowest BCUT2D eigenvalue weighted by molar-refractivity contribution is 0.477. The number of aromatic hydroxyl groups is 1. The van der Waals surface area contributed by atoms with Crippen LogP contribution in [0.4, 0.5) is 5.69 Å². The summed E-state index contributed by atoms with van der Waals surface area (Å²) in [4.78, 5) is 0.0105. The van der Waals surface area contributed by atoms with Crippen molar-refractivity contribution in [3.05, 3.63) is 51.5 Å². The van der Waals surface area contributed by atoms with E-state index in [-0.39, 0.29) is 16.3 Å². The Morgan fingerprint density at radius 3 is 2.55 bits per heavy atom. The van der Waals surface area contributed by atoms with Crippen LogP contribution in [-0.2, 0) is 10.0 Å². The number of nitrogens with one attached hydrogen (secondary N) is 1. The summed E-state index contributed by atoms with van der Waals surface area (Å²) < 4.78 is 27.4. The van der Waals surface area contributed by atoms with Crippen LogP contribution < -0.4 is 4.72 Å². The molecule has 0 fully saturated rings. The van der Waals surface area contributed by atoms with Gasteiger partial charge in [-0.25, -0.2) is 8.42 Å². The van der Waals surface area contributed by atoms with E-state index in [4.69, 9.17) is 11.6 Å². The Morgan fingerprint density at radius 1 is 1.25 bits per heavy atom. The largest absolute Gasteiger partial charge is 0.506 e. The van der Waals surface area contributed by atoms with Crippen molar-refractivity contribution in [3.8, 4) is 5.75 Å². The van der Waals surface area contributed by atoms with Crippen molar-refractivity contribution >= 4 is 43.2 Å². The van der Waals surface area contributed by atoms with Crippen LogP contribution in [0.15, 0.2) is 45.8 Å². The van der Waals surface area contributed by atoms with Gasteiger partial charge in [0.15, 0.2) is 0 Å². The molecule has 2 N–H and O–H groups in total. The van der Waals surface area contributed by atoms with Gasteiger partial charge in [-0.15, -0.1) is 0 Å². The molecule has 0 saturated carbocycles. The Balaban J connectivity index is 2.47. The molecule has 2 rings (SSSR count). The van der Waals surface area contributed by atoms with Crippen molar-refractivity contribution in [1.29, 1.82) is 0 Å². The van der Waals surface area contributed by atoms with Crippen LogP contribution >= 0.6 is 27.5 Å². The number of aryl methyl sites for hydroxylation is 1. The first-order valence-electron chi connectivity index (χ1n) is 5.58. The minimum absolute atomic E-state index is 0.0105. The predicted octanol–water partition coefficient (Wildman–Crippen LogP) is 3.92. The third-order valence-electron chi connectivity index (χ3n) is 2.65. The number of phenolic OH excluding ortho intramolecular Hbond substituents is 1. The van der Waals surface area contributed by atoms with Gasteiger partial charge in [-0.3, -0.25) is 4.72 Å². The van der Waals surface area contributed by atoms with Crippen LogP contribution in [0.2, 0.25) is 5.02 Å². The summed E-state index contributed by atoms with van der Waals surface area (Å²) in [7, 11) is -3.85. The highest BCUT2D eigenvalue weighted by atomic mass is 79.9. The Bertz CT molecular complexity index is 762. The van der Waals surface area contributed by atoms with E-state index in [0.717, 1.165) is 5.56 Å². The van der Waals surface area contributed by atoms with E-state index in [1.807, 2.05) is 0 Å². The molecule has 106 valence electrons. The number of anilines is 1. The van der Waals surface area contributed by atoms with Crippen LogP contribution in [0.3, 0.4) is 0 Å². The van der Waals surface area contributed by atoms with Gasteiger partial charge in [0.05, 0.1) is 5.69 Å². The molecule has 2 aromatic carbocycles. The molecule has 0 aliphatic carbocycles. The van der Waals surface area contributed by atoms with Crippen LogP contribution in [0.1, 0.15) is 5.56 Å². The van der Waals surface area contributed by atoms with Crippen molar-refractivity contribution in [1.82, 2.24) is 0 Å². The van der Waals surface area contributed by atoms with Gasteiger partial charge in [-0.1, -0.05) is 23.7 Å². The Morgan fingerprint density at radius 2 is 1.90 bits per heavy atom. The number of hydrogen-bond acceptors (Lipinski definition) is 3. The Hall–Kier alpha value is -1.24. The number of hydrogen-bond donors (Lipinski definition) is 2. The fraction of sp³-hybridized carbons (Fsp3) is 0.0769. The lowest BCUT2D eigenvalue weighted by Gasteiger charge is -2.12. The molecule has 0 radical (unpaired) electrons. The molecular weight excluding hydrogens is 366 g/mol. The monoisotopic (exact) mass is 375 g/mol. The molecule has 0 spiro atoms. The van der Waals surface area contributed by atoms with Gasteiger partial charge < -0.3 is 5.11 Å². The SMILES string of the molecule is Cc1cc(Br)c(S(=O)(=O)Nc2ccccc2O)cc1Cl. The molecule has 0 atom stereocenters. The summed E-state index contributed by atoms with van der Waals surface area (Å²) in [6.45, 7) is 1.78. The maximum atomic E-state index is 12.3. The molecule has 0 bridgehead atoms. The Labute approximate surface area is 130 Å². The zero-order chi connectivity index (χ0) is 14.9. The third kappa shape index (κ3) is 3.08. The Kier molecular flexibility index (Phi) is 4.27. The van der Waals surface area contributed by atoms with Crippen molar-refractivity contribution in [2.24, 2.45) is 0 Å². The highest BCUT2D eigenvalue weighted by Crippen LogP contribution is 2.31. The first-order valence-corrected chi connectivity index (χ1v) is 8.23. The predicted molar refractivity (Wildman–Crippen MR) is 82.8 cm³/mol. The van der Waals surface area contributed by atoms with Crippen molar-refractivity contribution in [3.63, 3.8) is 0 Å². The third-order valence-corrected chi connectivity index (χ3v) is 5.38. The molecule has 0 heterocycles. The summed E-state index contributed by atoms with van der Waals surface area (Å²) >= 11 is 9.17. The highest BCUT2D eigenvalue weighted by Gasteiger charge is 2.20. The molecule has 0 unspecified atom stereocenters. The normalized spacial score (nSPS) is 11.3. The highest BCUT2D eigenvalue weighted by molar-refractivity contribution is 9.10. The maximum Gasteiger partial charge on any atom is 0.263 e. The first kappa shape index (κ1) is 15.2. The summed E-state index contributed by atoms with van der Waals surface area (Å²) in [5.74, 6) is -0.148. The molecular formula is C13H11BrClNO3S. The lowest BCUT2D eigenvalue weighted by atomic mass is 10.2. The summed E-state index contributed by atoms with van der Waals surface area (Å²) in [6.07, 6.45) is 0. The van der Waals surface area contributed by atoms with Crippen LogP contribution in [0.25, 0.3) is 0 Å². The van der Waals surface area contributed by atoms with Crippen LogP contribution in [-0.4, -0.2) is 13.5 Å². The second-order valence-electron chi connectivity index (χ2n) is 4.15. The average Bonchev–Trinajstić information content (AvgIpc) is 2.36. The molecule has 20 heavy (non-hydrogen) atoms. The number of phenols is 1. The van der Waals surface area contributed by atoms with Crippen molar-refractivity contribution in [2.45, 2.75) is 11.8 Å². The summed E-state index contributed by atoms with van der Waals surface area (Å²) in [5, 5.41) is 9.98. The van der Waals surface area contributed by atoms with Gasteiger partial charge in [-0.2, -0.15) is 0 Å². The standard InChI is InChI=1S/C13H11BrClNO3S/c1-8-6-9(14)13(7-10(8)15)20(18,19)16-11-4-2-3-5-12(11)17/h2-7,16-17H,1H3. The van der Waals surface area contributed by atoms with E-state index in [0.29, 0.717) is 9.50 Å². The van der Waals surface area contributed by atoms with Gasteiger partial charge in [0.1, 0.15) is 10.6 Å². The van der Waals surface area contributed by atoms with E-state index < -0.39 is 10.0 Å². The first-order chi connectivity index (χ1) is 9.31. The topological polar surface area (TPSA) is 66.4 Å². The zero-order valence-corrected chi connectivity index (χ0v) is 13.6. The second kappa shape index (κ2) is 5.63. The van der Waals surface area contributed by atoms with Gasteiger partial charge >= 0.3 is 0 Å². The minimum atomic E-state index is -3.85. The van der Waals surface area contributed by atoms with Gasteiger partial charge in [0.25, 0.3) is 10.0 Å². The van der Waals surface area contributed by atoms with Gasteiger partial charge in [0, 0.05) is 9.50 Å². The van der Waals surface area contributed by atoms with E-state index in [2.05, 4.69) is 20.7 Å². The number of para-hydroxylation sites is 2. The maximum absolute atomic E-state index is 12.3. The van der Waals surface area contributed by atoms with E-state index in [9.17, 15) is 13.5 Å². The molecule has 0 amide bonds. The van der Waals surface area contributed by atoms with E-state index in [1.165, 1.54) is 18.2 Å². The smallest absolute Gasteiger partial charge is 0.263 e. The zero-order valence-electron chi connectivity index (χ0n) is 10.4. The van der Waals surface area contributed by atoms with Gasteiger partial charge in [-0.05, 0) is 52.7 Å². The molecule has 7 heteroatoms. The fourth-order valence-electron chi connectivity index (χ4n) is 1.59. The second-order valence-corrected chi connectivity index (χ2v) is 7.07. The van der Waals surface area contributed by atoms with Gasteiger partial charge in [0.2, 0.25) is 0 Å². The van der Waals surface area contributed by atoms with Crippen molar-refractivity contribution < 1.29 is 13.5 Å². The number of halogens is 2. The summed E-state index contributed by atoms with van der Waals surface area (Å²) in [5.41, 5.74) is 0.871. The number of benzene rings is 2. The minimum Gasteiger partial charge on any atom is -0.506 e. The number of sulfonamides is 1. The lowest BCUT2D eigenvalue weighted by Crippen LogP contribution is -2.13. The molecule has 0 saturated heterocycles. The molecule has 0 aliphatic heterocycles. The van der Waals surface area contributed by atoms with Crippen molar-refractivity contribution in [2.75, 3.05) is 4.72 Å². The van der Waals surface area contributed by atoms with Crippen LogP contribution in [0, 0.1) is 6.92 Å². The molecule has 4 nitrogen and oxygen atoms in total. The van der Waals surface area contributed by atoms with E-state index >= 15 is 0 Å². The quantitative estimate of drug-likeness (QED) is 0.798.